The molecule has 0 fully saturated rings. The molecule has 7 heteroatoms. The van der Waals surface area contributed by atoms with Gasteiger partial charge in [0.25, 0.3) is 0 Å². The van der Waals surface area contributed by atoms with Crippen LogP contribution in [0.15, 0.2) is 58.6 Å². The van der Waals surface area contributed by atoms with Gasteiger partial charge in [-0.1, -0.05) is 41.9 Å². The number of carbonyl (C=O) groups is 4. The lowest BCUT2D eigenvalue weighted by molar-refractivity contribution is -0.111. The van der Waals surface area contributed by atoms with E-state index in [0.717, 1.165) is 6.07 Å². The number of carbonyl (C=O) groups excluding carboxylic acids is 4. The Kier molecular flexibility index (Phi) is 3.68. The van der Waals surface area contributed by atoms with Crippen LogP contribution in [-0.2, 0) is 4.79 Å². The van der Waals surface area contributed by atoms with E-state index in [2.05, 4.69) is 0 Å². The Hall–Kier alpha value is -3.38. The standard InChI is InChI=1S/C20H8ClFO5/c21-15-13(16(23)8-4-1-2-5-9(8)17(15)24)14-19(26)12-10(18(25)20(14)27)6-3-7-11(12)22/h1-7,26H. The maximum atomic E-state index is 14.2. The van der Waals surface area contributed by atoms with Gasteiger partial charge in [-0.3, -0.25) is 19.2 Å². The van der Waals surface area contributed by atoms with Crippen molar-refractivity contribution in [1.82, 2.24) is 0 Å². The van der Waals surface area contributed by atoms with Crippen LogP contribution in [0.1, 0.15) is 36.6 Å². The maximum absolute atomic E-state index is 14.2. The van der Waals surface area contributed by atoms with Gasteiger partial charge in [0.1, 0.15) is 16.6 Å². The average molecular weight is 383 g/mol. The average Bonchev–Trinajstić information content (AvgIpc) is 2.67. The molecule has 0 saturated heterocycles. The van der Waals surface area contributed by atoms with Crippen molar-refractivity contribution in [3.63, 3.8) is 0 Å². The molecule has 0 aliphatic heterocycles. The summed E-state index contributed by atoms with van der Waals surface area (Å²) in [5.74, 6) is -5.73. The summed E-state index contributed by atoms with van der Waals surface area (Å²) in [4.78, 5) is 50.3. The number of hydrogen-bond donors (Lipinski definition) is 1. The highest BCUT2D eigenvalue weighted by atomic mass is 35.5. The van der Waals surface area contributed by atoms with Gasteiger partial charge in [-0.15, -0.1) is 0 Å². The Morgan fingerprint density at radius 1 is 0.704 bits per heavy atom. The monoisotopic (exact) mass is 382 g/mol. The maximum Gasteiger partial charge on any atom is 0.238 e. The second-order valence-electron chi connectivity index (χ2n) is 5.94. The Morgan fingerprint density at radius 2 is 1.30 bits per heavy atom. The molecule has 2 aliphatic carbocycles. The number of halogens is 2. The second kappa shape index (κ2) is 5.82. The van der Waals surface area contributed by atoms with Crippen LogP contribution in [0, 0.1) is 5.82 Å². The number of Topliss-reactive ketones (excluding diaryl/α,β-unsaturated/α-hetero) is 4. The van der Waals surface area contributed by atoms with Gasteiger partial charge in [0.2, 0.25) is 17.3 Å². The number of allylic oxidation sites excluding steroid dienone is 3. The number of rotatable bonds is 1. The lowest BCUT2D eigenvalue weighted by Gasteiger charge is -2.23. The van der Waals surface area contributed by atoms with Crippen molar-refractivity contribution in [2.75, 3.05) is 0 Å². The van der Waals surface area contributed by atoms with Crippen molar-refractivity contribution in [3.05, 3.63) is 86.7 Å². The minimum atomic E-state index is -1.24. The highest BCUT2D eigenvalue weighted by Crippen LogP contribution is 2.39. The zero-order valence-corrected chi connectivity index (χ0v) is 14.1. The molecule has 0 saturated carbocycles. The molecule has 5 nitrogen and oxygen atoms in total. The lowest BCUT2D eigenvalue weighted by atomic mass is 9.79. The molecule has 2 aromatic carbocycles. The van der Waals surface area contributed by atoms with Crippen LogP contribution in [0.4, 0.5) is 4.39 Å². The van der Waals surface area contributed by atoms with Crippen LogP contribution in [0.5, 0.6) is 0 Å². The van der Waals surface area contributed by atoms with Gasteiger partial charge in [0, 0.05) is 16.7 Å². The highest BCUT2D eigenvalue weighted by molar-refractivity contribution is 6.57. The third-order valence-corrected chi connectivity index (χ3v) is 4.84. The molecule has 0 aromatic heterocycles. The molecular weight excluding hydrogens is 375 g/mol. The number of benzene rings is 2. The fraction of sp³-hybridized carbons (Fsp3) is 0. The lowest BCUT2D eigenvalue weighted by Crippen LogP contribution is -2.30. The Morgan fingerprint density at radius 3 is 1.96 bits per heavy atom. The van der Waals surface area contributed by atoms with Crippen LogP contribution in [0.2, 0.25) is 0 Å². The first-order chi connectivity index (χ1) is 12.8. The van der Waals surface area contributed by atoms with E-state index in [4.69, 9.17) is 11.6 Å². The van der Waals surface area contributed by atoms with Crippen molar-refractivity contribution in [2.45, 2.75) is 0 Å². The minimum Gasteiger partial charge on any atom is -0.506 e. The first kappa shape index (κ1) is 17.1. The molecule has 2 aliphatic rings. The summed E-state index contributed by atoms with van der Waals surface area (Å²) < 4.78 is 14.2. The van der Waals surface area contributed by atoms with E-state index in [-0.39, 0.29) is 16.7 Å². The Balaban J connectivity index is 2.05. The Bertz CT molecular complexity index is 1170. The molecule has 0 amide bonds. The molecule has 0 atom stereocenters. The third-order valence-electron chi connectivity index (χ3n) is 4.48. The summed E-state index contributed by atoms with van der Waals surface area (Å²) in [5.41, 5.74) is -2.19. The molecule has 0 spiro atoms. The molecule has 2 aromatic rings. The first-order valence-corrected chi connectivity index (χ1v) is 8.12. The summed E-state index contributed by atoms with van der Waals surface area (Å²) in [6.45, 7) is 0. The summed E-state index contributed by atoms with van der Waals surface area (Å²) in [6, 6.07) is 9.20. The van der Waals surface area contributed by atoms with Gasteiger partial charge >= 0.3 is 0 Å². The molecule has 0 unspecified atom stereocenters. The van der Waals surface area contributed by atoms with Gasteiger partial charge < -0.3 is 5.11 Å². The van der Waals surface area contributed by atoms with Crippen LogP contribution < -0.4 is 0 Å². The van der Waals surface area contributed by atoms with E-state index >= 15 is 0 Å². The molecule has 0 bridgehead atoms. The number of aliphatic hydroxyl groups is 1. The molecule has 1 N–H and O–H groups in total. The van der Waals surface area contributed by atoms with E-state index in [1.54, 1.807) is 0 Å². The molecule has 4 rings (SSSR count). The van der Waals surface area contributed by atoms with Gasteiger partial charge in [0.05, 0.1) is 16.7 Å². The van der Waals surface area contributed by atoms with Crippen LogP contribution in [-0.4, -0.2) is 28.2 Å². The molecular formula is C20H8ClFO5. The largest absolute Gasteiger partial charge is 0.506 e. The predicted molar refractivity (Wildman–Crippen MR) is 93.3 cm³/mol. The summed E-state index contributed by atoms with van der Waals surface area (Å²) in [6.07, 6.45) is 0. The van der Waals surface area contributed by atoms with Gasteiger partial charge in [-0.05, 0) is 12.1 Å². The van der Waals surface area contributed by atoms with Crippen LogP contribution in [0.3, 0.4) is 0 Å². The number of aliphatic hydroxyl groups excluding tert-OH is 1. The normalized spacial score (nSPS) is 16.7. The second-order valence-corrected chi connectivity index (χ2v) is 6.32. The van der Waals surface area contributed by atoms with Gasteiger partial charge in [-0.25, -0.2) is 4.39 Å². The Labute approximate surface area is 156 Å². The van der Waals surface area contributed by atoms with E-state index in [1.165, 1.54) is 36.4 Å². The fourth-order valence-corrected chi connectivity index (χ4v) is 3.50. The summed E-state index contributed by atoms with van der Waals surface area (Å²) in [7, 11) is 0. The zero-order chi connectivity index (χ0) is 19.5. The zero-order valence-electron chi connectivity index (χ0n) is 13.4. The third kappa shape index (κ3) is 2.23. The van der Waals surface area contributed by atoms with E-state index in [1.807, 2.05) is 0 Å². The summed E-state index contributed by atoms with van der Waals surface area (Å²) in [5, 5.41) is 9.91. The smallest absolute Gasteiger partial charge is 0.238 e. The summed E-state index contributed by atoms with van der Waals surface area (Å²) >= 11 is 6.04. The molecule has 0 heterocycles. The van der Waals surface area contributed by atoms with Crippen LogP contribution >= 0.6 is 11.6 Å². The van der Waals surface area contributed by atoms with Crippen molar-refractivity contribution < 1.29 is 28.7 Å². The number of fused-ring (bicyclic) bond motifs is 2. The minimum absolute atomic E-state index is 0.0261. The predicted octanol–water partition coefficient (Wildman–Crippen LogP) is 3.43. The van der Waals surface area contributed by atoms with Gasteiger partial charge in [-0.2, -0.15) is 0 Å². The van der Waals surface area contributed by atoms with E-state index in [0.29, 0.717) is 0 Å². The quantitative estimate of drug-likeness (QED) is 0.763. The van der Waals surface area contributed by atoms with Gasteiger partial charge in [0.15, 0.2) is 5.78 Å². The molecule has 132 valence electrons. The fourth-order valence-electron chi connectivity index (χ4n) is 3.22. The molecule has 27 heavy (non-hydrogen) atoms. The molecule has 0 radical (unpaired) electrons. The van der Waals surface area contributed by atoms with Crippen molar-refractivity contribution in [3.8, 4) is 0 Å². The van der Waals surface area contributed by atoms with Crippen molar-refractivity contribution in [1.29, 1.82) is 0 Å². The number of hydrogen-bond acceptors (Lipinski definition) is 5. The SMILES string of the molecule is O=C1C(=O)c2cccc(F)c2C(O)=C1C1=C(Cl)C(=O)c2ccccc2C1=O. The number of ketones is 4. The van der Waals surface area contributed by atoms with E-state index in [9.17, 15) is 28.7 Å². The topological polar surface area (TPSA) is 88.5 Å². The van der Waals surface area contributed by atoms with Crippen molar-refractivity contribution in [2.24, 2.45) is 0 Å². The van der Waals surface area contributed by atoms with Crippen LogP contribution in [0.25, 0.3) is 5.76 Å². The first-order valence-electron chi connectivity index (χ1n) is 7.74. The van der Waals surface area contributed by atoms with Crippen molar-refractivity contribution >= 4 is 40.5 Å². The highest BCUT2D eigenvalue weighted by Gasteiger charge is 2.42. The van der Waals surface area contributed by atoms with E-state index < -0.39 is 56.5 Å².